The Bertz CT molecular complexity index is 820. The molecule has 7 heteroatoms. The van der Waals surface area contributed by atoms with Crippen LogP contribution in [0.2, 0.25) is 0 Å². The smallest absolute Gasteiger partial charge is 0.253 e. The molecule has 112 valence electrons. The second kappa shape index (κ2) is 7.18. The van der Waals surface area contributed by atoms with Crippen molar-refractivity contribution in [2.24, 2.45) is 0 Å². The minimum Gasteiger partial charge on any atom is -0.348 e. The standard InChI is InChI=1S/C15H11I2N3OS/c16-13-9-20(22-17)14-12(13)6-11(8-18-14)15(21)19-7-10-4-2-1-3-5-10/h1-6,8-9H,7H2,(H,19,21). The number of fused-ring (bicyclic) bond motifs is 1. The molecule has 3 rings (SSSR count). The van der Waals surface area contributed by atoms with Crippen LogP contribution < -0.4 is 5.32 Å². The Labute approximate surface area is 157 Å². The lowest BCUT2D eigenvalue weighted by molar-refractivity contribution is 0.0950. The van der Waals surface area contributed by atoms with Gasteiger partial charge >= 0.3 is 0 Å². The summed E-state index contributed by atoms with van der Waals surface area (Å²) in [6.07, 6.45) is 3.64. The average Bonchev–Trinajstić information content (AvgIpc) is 2.89. The van der Waals surface area contributed by atoms with Gasteiger partial charge < -0.3 is 5.32 Å². The molecule has 0 radical (unpaired) electrons. The molecule has 2 aromatic heterocycles. The maximum absolute atomic E-state index is 12.3. The number of carbonyl (C=O) groups excluding carboxylic acids is 1. The molecular formula is C15H11I2N3OS. The van der Waals surface area contributed by atoms with Crippen LogP contribution in [0.15, 0.2) is 48.8 Å². The van der Waals surface area contributed by atoms with E-state index >= 15 is 0 Å². The molecule has 0 aliphatic heterocycles. The SMILES string of the molecule is O=C(NCc1ccccc1)c1cnc2c(c1)c(I)cn2SI. The van der Waals surface area contributed by atoms with Crippen LogP contribution in [0.4, 0.5) is 0 Å². The van der Waals surface area contributed by atoms with Crippen molar-refractivity contribution in [3.8, 4) is 0 Å². The van der Waals surface area contributed by atoms with Gasteiger partial charge in [-0.2, -0.15) is 0 Å². The molecule has 22 heavy (non-hydrogen) atoms. The van der Waals surface area contributed by atoms with E-state index in [1.807, 2.05) is 46.6 Å². The van der Waals surface area contributed by atoms with Gasteiger partial charge in [-0.15, -0.1) is 0 Å². The van der Waals surface area contributed by atoms with Crippen molar-refractivity contribution in [3.63, 3.8) is 0 Å². The average molecular weight is 535 g/mol. The van der Waals surface area contributed by atoms with Gasteiger partial charge in [0.15, 0.2) is 5.65 Å². The molecule has 0 spiro atoms. The summed E-state index contributed by atoms with van der Waals surface area (Å²) in [4.78, 5) is 16.7. The lowest BCUT2D eigenvalue weighted by Gasteiger charge is -2.05. The first-order chi connectivity index (χ1) is 10.7. The van der Waals surface area contributed by atoms with Gasteiger partial charge in [-0.3, -0.25) is 8.77 Å². The van der Waals surface area contributed by atoms with E-state index in [0.717, 1.165) is 20.2 Å². The molecular weight excluding hydrogens is 524 g/mol. The van der Waals surface area contributed by atoms with Gasteiger partial charge in [0.2, 0.25) is 0 Å². The first kappa shape index (κ1) is 16.1. The van der Waals surface area contributed by atoms with Crippen LogP contribution in [0.5, 0.6) is 0 Å². The Hall–Kier alpha value is -0.810. The minimum atomic E-state index is -0.107. The first-order valence-corrected chi connectivity index (χ1v) is 10.9. The summed E-state index contributed by atoms with van der Waals surface area (Å²) in [7, 11) is 1.56. The van der Waals surface area contributed by atoms with Gasteiger partial charge in [0.1, 0.15) is 0 Å². The number of benzene rings is 1. The second-order valence-electron chi connectivity index (χ2n) is 4.64. The fourth-order valence-corrected chi connectivity index (χ4v) is 4.22. The summed E-state index contributed by atoms with van der Waals surface area (Å²) in [6, 6.07) is 11.8. The topological polar surface area (TPSA) is 46.9 Å². The Morgan fingerprint density at radius 2 is 2.09 bits per heavy atom. The van der Waals surface area contributed by atoms with Crippen molar-refractivity contribution in [2.45, 2.75) is 6.54 Å². The molecule has 0 bridgehead atoms. The summed E-state index contributed by atoms with van der Waals surface area (Å²) in [6.45, 7) is 0.513. The Kier molecular flexibility index (Phi) is 5.24. The third-order valence-electron chi connectivity index (χ3n) is 3.20. The van der Waals surface area contributed by atoms with Crippen LogP contribution in [0.1, 0.15) is 15.9 Å². The molecule has 4 nitrogen and oxygen atoms in total. The Morgan fingerprint density at radius 1 is 1.32 bits per heavy atom. The summed E-state index contributed by atoms with van der Waals surface area (Å²) >= 11 is 4.48. The van der Waals surface area contributed by atoms with E-state index in [-0.39, 0.29) is 5.91 Å². The van der Waals surface area contributed by atoms with Gasteiger partial charge in [-0.05, 0) is 34.2 Å². The van der Waals surface area contributed by atoms with Gasteiger partial charge in [-0.1, -0.05) is 30.3 Å². The molecule has 2 heterocycles. The third-order valence-corrected chi connectivity index (χ3v) is 5.76. The molecule has 0 saturated carbocycles. The molecule has 1 N–H and O–H groups in total. The number of rotatable bonds is 4. The Morgan fingerprint density at radius 3 is 2.82 bits per heavy atom. The second-order valence-corrected chi connectivity index (χ2v) is 7.51. The van der Waals surface area contributed by atoms with Crippen LogP contribution in [0.25, 0.3) is 11.0 Å². The normalized spacial score (nSPS) is 10.8. The number of amides is 1. The number of pyridine rings is 1. The van der Waals surface area contributed by atoms with Crippen molar-refractivity contribution in [1.82, 2.24) is 14.3 Å². The first-order valence-electron chi connectivity index (χ1n) is 6.47. The summed E-state index contributed by atoms with van der Waals surface area (Å²) < 4.78 is 3.07. The summed E-state index contributed by atoms with van der Waals surface area (Å²) in [5.41, 5.74) is 2.54. The number of carbonyl (C=O) groups is 1. The van der Waals surface area contributed by atoms with E-state index in [1.54, 1.807) is 15.3 Å². The van der Waals surface area contributed by atoms with Crippen molar-refractivity contribution >= 4 is 69.9 Å². The van der Waals surface area contributed by atoms with Gasteiger partial charge in [-0.25, -0.2) is 4.98 Å². The largest absolute Gasteiger partial charge is 0.348 e. The van der Waals surface area contributed by atoms with Crippen LogP contribution in [0, 0.1) is 3.57 Å². The highest BCUT2D eigenvalue weighted by Gasteiger charge is 2.12. The van der Waals surface area contributed by atoms with E-state index in [2.05, 4.69) is 54.1 Å². The van der Waals surface area contributed by atoms with E-state index in [4.69, 9.17) is 0 Å². The molecule has 0 atom stereocenters. The van der Waals surface area contributed by atoms with Gasteiger partial charge in [0.25, 0.3) is 5.91 Å². The molecule has 0 fully saturated rings. The van der Waals surface area contributed by atoms with Crippen LogP contribution in [0.3, 0.4) is 0 Å². The van der Waals surface area contributed by atoms with E-state index in [0.29, 0.717) is 12.1 Å². The zero-order chi connectivity index (χ0) is 15.5. The highest BCUT2D eigenvalue weighted by atomic mass is 127. The maximum atomic E-state index is 12.3. The number of hydrogen-bond acceptors (Lipinski definition) is 3. The monoisotopic (exact) mass is 535 g/mol. The zero-order valence-electron chi connectivity index (χ0n) is 11.3. The van der Waals surface area contributed by atoms with Crippen molar-refractivity contribution < 1.29 is 4.79 Å². The van der Waals surface area contributed by atoms with E-state index in [9.17, 15) is 4.79 Å². The summed E-state index contributed by atoms with van der Waals surface area (Å²) in [5, 5.41) is 3.92. The maximum Gasteiger partial charge on any atom is 0.253 e. The molecule has 1 amide bonds. The van der Waals surface area contributed by atoms with E-state index < -0.39 is 0 Å². The highest BCUT2D eigenvalue weighted by Crippen LogP contribution is 2.28. The fraction of sp³-hybridized carbons (Fsp3) is 0.0667. The predicted molar refractivity (Wildman–Crippen MR) is 107 cm³/mol. The lowest BCUT2D eigenvalue weighted by atomic mass is 10.2. The molecule has 0 unspecified atom stereocenters. The fourth-order valence-electron chi connectivity index (χ4n) is 2.10. The van der Waals surface area contributed by atoms with E-state index in [1.165, 1.54) is 0 Å². The quantitative estimate of drug-likeness (QED) is 0.504. The Balaban J connectivity index is 1.81. The highest BCUT2D eigenvalue weighted by molar-refractivity contribution is 14.2. The number of halogens is 2. The predicted octanol–water partition coefficient (Wildman–Crippen LogP) is 4.42. The van der Waals surface area contributed by atoms with Crippen LogP contribution >= 0.6 is 52.9 Å². The van der Waals surface area contributed by atoms with Crippen molar-refractivity contribution in [1.29, 1.82) is 0 Å². The number of hydrogen-bond donors (Lipinski definition) is 1. The number of nitrogens with one attached hydrogen (secondary N) is 1. The number of aromatic nitrogens is 2. The molecule has 3 aromatic rings. The minimum absolute atomic E-state index is 0.107. The molecule has 0 saturated heterocycles. The van der Waals surface area contributed by atoms with Gasteiger partial charge in [0.05, 0.1) is 5.56 Å². The van der Waals surface area contributed by atoms with Crippen molar-refractivity contribution in [2.75, 3.05) is 0 Å². The molecule has 0 aliphatic carbocycles. The van der Waals surface area contributed by atoms with Crippen LogP contribution in [-0.4, -0.2) is 14.9 Å². The van der Waals surface area contributed by atoms with Gasteiger partial charge in [0, 0.05) is 58.2 Å². The number of nitrogens with zero attached hydrogens (tertiary/aromatic N) is 2. The zero-order valence-corrected chi connectivity index (χ0v) is 16.4. The lowest BCUT2D eigenvalue weighted by Crippen LogP contribution is -2.22. The van der Waals surface area contributed by atoms with Crippen molar-refractivity contribution in [3.05, 3.63) is 63.5 Å². The van der Waals surface area contributed by atoms with Crippen LogP contribution in [-0.2, 0) is 6.54 Å². The third kappa shape index (κ3) is 3.40. The molecule has 1 aromatic carbocycles. The summed E-state index contributed by atoms with van der Waals surface area (Å²) in [5.74, 6) is -0.107. The molecule has 0 aliphatic rings.